The Bertz CT molecular complexity index is 1260. The summed E-state index contributed by atoms with van der Waals surface area (Å²) in [6, 6.07) is 15.3. The molecule has 0 bridgehead atoms. The number of aromatic nitrogens is 4. The van der Waals surface area contributed by atoms with Gasteiger partial charge in [0, 0.05) is 35.9 Å². The zero-order valence-corrected chi connectivity index (χ0v) is 15.7. The fourth-order valence-corrected chi connectivity index (χ4v) is 2.95. The molecule has 0 aliphatic carbocycles. The van der Waals surface area contributed by atoms with E-state index in [1.165, 1.54) is 29.1 Å². The lowest BCUT2D eigenvalue weighted by molar-refractivity contribution is 0.608. The second-order valence-electron chi connectivity index (χ2n) is 6.36. The molecule has 8 heteroatoms. The van der Waals surface area contributed by atoms with Gasteiger partial charge in [-0.1, -0.05) is 24.3 Å². The lowest BCUT2D eigenvalue weighted by Gasteiger charge is -2.13. The van der Waals surface area contributed by atoms with Crippen LogP contribution in [-0.4, -0.2) is 26.2 Å². The number of para-hydroxylation sites is 1. The average Bonchev–Trinajstić information content (AvgIpc) is 3.30. The molecule has 2 aromatic heterocycles. The Morgan fingerprint density at radius 1 is 1.13 bits per heavy atom. The van der Waals surface area contributed by atoms with Crippen molar-refractivity contribution in [3.05, 3.63) is 101 Å². The smallest absolute Gasteiger partial charge is 0.209 e. The zero-order valence-electron chi connectivity index (χ0n) is 15.7. The van der Waals surface area contributed by atoms with E-state index in [4.69, 9.17) is 5.41 Å². The van der Waals surface area contributed by atoms with Crippen molar-refractivity contribution < 1.29 is 4.39 Å². The molecule has 2 heterocycles. The van der Waals surface area contributed by atoms with Gasteiger partial charge in [-0.05, 0) is 35.9 Å². The number of benzene rings is 2. The Kier molecular flexibility index (Phi) is 5.29. The van der Waals surface area contributed by atoms with E-state index >= 15 is 0 Å². The maximum atomic E-state index is 14.8. The topological polar surface area (TPSA) is 99.4 Å². The van der Waals surface area contributed by atoms with E-state index in [0.717, 1.165) is 17.5 Å². The predicted molar refractivity (Wildman–Crippen MR) is 114 cm³/mol. The molecule has 0 aliphatic heterocycles. The number of hydrogen-bond acceptors (Lipinski definition) is 5. The van der Waals surface area contributed by atoms with Crippen molar-refractivity contribution in [1.82, 2.24) is 20.0 Å². The minimum atomic E-state index is -0.496. The van der Waals surface area contributed by atoms with Crippen molar-refractivity contribution >= 4 is 17.6 Å². The lowest BCUT2D eigenvalue weighted by Crippen LogP contribution is -2.18. The highest BCUT2D eigenvalue weighted by molar-refractivity contribution is 5.86. The van der Waals surface area contributed by atoms with Crippen LogP contribution in [0.4, 0.5) is 10.1 Å². The summed E-state index contributed by atoms with van der Waals surface area (Å²) in [5.74, 6) is -0.496. The van der Waals surface area contributed by atoms with E-state index in [1.807, 2.05) is 30.3 Å². The Morgan fingerprint density at radius 2 is 1.97 bits per heavy atom. The van der Waals surface area contributed by atoms with Crippen LogP contribution in [0.3, 0.4) is 0 Å². The summed E-state index contributed by atoms with van der Waals surface area (Å²) in [7, 11) is 0. The molecule has 0 saturated carbocycles. The second-order valence-corrected chi connectivity index (χ2v) is 6.36. The molecule has 0 atom stereocenters. The number of halogens is 1. The summed E-state index contributed by atoms with van der Waals surface area (Å²) < 4.78 is 16.1. The molecule has 7 nitrogen and oxygen atoms in total. The van der Waals surface area contributed by atoms with Crippen LogP contribution in [-0.2, 0) is 0 Å². The van der Waals surface area contributed by atoms with Crippen LogP contribution in [0.5, 0.6) is 0 Å². The zero-order chi connectivity index (χ0) is 20.9. The molecule has 2 aromatic carbocycles. The molecule has 0 spiro atoms. The lowest BCUT2D eigenvalue weighted by atomic mass is 10.1. The highest BCUT2D eigenvalue weighted by Crippen LogP contribution is 2.23. The van der Waals surface area contributed by atoms with Gasteiger partial charge in [-0.15, -0.1) is 0 Å². The minimum Gasteiger partial charge on any atom is -0.354 e. The van der Waals surface area contributed by atoms with Gasteiger partial charge in [0.2, 0.25) is 5.43 Å². The molecule has 0 amide bonds. The van der Waals surface area contributed by atoms with E-state index in [2.05, 4.69) is 20.6 Å². The molecule has 0 saturated heterocycles. The molecule has 0 radical (unpaired) electrons. The van der Waals surface area contributed by atoms with Gasteiger partial charge in [0.1, 0.15) is 11.5 Å². The van der Waals surface area contributed by atoms with Crippen LogP contribution in [0.15, 0.2) is 84.1 Å². The normalized spacial score (nSPS) is 11.3. The van der Waals surface area contributed by atoms with Gasteiger partial charge >= 0.3 is 0 Å². The number of rotatable bonds is 6. The molecule has 30 heavy (non-hydrogen) atoms. The summed E-state index contributed by atoms with van der Waals surface area (Å²) in [5, 5.41) is 21.4. The van der Waals surface area contributed by atoms with Crippen molar-refractivity contribution in [2.45, 2.75) is 0 Å². The summed E-state index contributed by atoms with van der Waals surface area (Å²) in [5.41, 5.74) is 2.42. The number of allylic oxidation sites excluding steroid dienone is 1. The van der Waals surface area contributed by atoms with Crippen LogP contribution in [0.1, 0.15) is 5.69 Å². The maximum absolute atomic E-state index is 14.8. The predicted octanol–water partition coefficient (Wildman–Crippen LogP) is 3.86. The summed E-state index contributed by atoms with van der Waals surface area (Å²) in [4.78, 5) is 12.5. The quantitative estimate of drug-likeness (QED) is 0.428. The molecular weight excluding hydrogens is 383 g/mol. The first kappa shape index (κ1) is 19.0. The molecule has 4 rings (SSSR count). The van der Waals surface area contributed by atoms with Crippen LogP contribution < -0.4 is 10.7 Å². The van der Waals surface area contributed by atoms with E-state index in [1.54, 1.807) is 24.5 Å². The third-order valence-electron chi connectivity index (χ3n) is 4.39. The third-order valence-corrected chi connectivity index (χ3v) is 4.39. The SMILES string of the molecule is N=C/C=C(\Nc1ccccc1)c1nn(-c2ccc(-c3cn[nH]c3)cc2F)ccc1=O. The molecule has 148 valence electrons. The van der Waals surface area contributed by atoms with E-state index in [9.17, 15) is 9.18 Å². The number of aromatic amines is 1. The number of H-pyrrole nitrogens is 1. The van der Waals surface area contributed by atoms with Crippen molar-refractivity contribution in [3.63, 3.8) is 0 Å². The van der Waals surface area contributed by atoms with Crippen LogP contribution >= 0.6 is 0 Å². The molecule has 0 aliphatic rings. The Morgan fingerprint density at radius 3 is 2.67 bits per heavy atom. The van der Waals surface area contributed by atoms with Gasteiger partial charge in [0.05, 0.1) is 11.9 Å². The van der Waals surface area contributed by atoms with Crippen molar-refractivity contribution in [2.24, 2.45) is 0 Å². The van der Waals surface area contributed by atoms with Crippen LogP contribution in [0.2, 0.25) is 0 Å². The summed E-state index contributed by atoms with van der Waals surface area (Å²) >= 11 is 0. The number of anilines is 1. The highest BCUT2D eigenvalue weighted by atomic mass is 19.1. The maximum Gasteiger partial charge on any atom is 0.209 e. The Balaban J connectivity index is 1.73. The van der Waals surface area contributed by atoms with Crippen LogP contribution in [0, 0.1) is 11.2 Å². The number of hydrogen-bond donors (Lipinski definition) is 3. The highest BCUT2D eigenvalue weighted by Gasteiger charge is 2.13. The van der Waals surface area contributed by atoms with E-state index in [-0.39, 0.29) is 16.8 Å². The van der Waals surface area contributed by atoms with Gasteiger partial charge in [0.25, 0.3) is 0 Å². The summed E-state index contributed by atoms with van der Waals surface area (Å²) in [6.07, 6.45) is 7.18. The first-order valence-electron chi connectivity index (χ1n) is 9.08. The minimum absolute atomic E-state index is 0.0724. The molecule has 3 N–H and O–H groups in total. The summed E-state index contributed by atoms with van der Waals surface area (Å²) in [6.45, 7) is 0. The fraction of sp³-hybridized carbons (Fsp3) is 0. The Labute approximate surface area is 171 Å². The number of nitrogens with zero attached hydrogens (tertiary/aromatic N) is 3. The third kappa shape index (κ3) is 3.93. The van der Waals surface area contributed by atoms with Gasteiger partial charge in [0.15, 0.2) is 5.69 Å². The Hall–Kier alpha value is -4.33. The largest absolute Gasteiger partial charge is 0.354 e. The van der Waals surface area contributed by atoms with Gasteiger partial charge in [-0.2, -0.15) is 10.2 Å². The first-order chi connectivity index (χ1) is 14.7. The molecular formula is C22H17FN6O. The standard InChI is InChI=1S/C22H17FN6O/c23-18-12-15(16-13-25-26-14-16)6-7-20(18)29-11-9-21(30)22(28-29)19(8-10-24)27-17-4-2-1-3-5-17/h1-14,24,27H,(H,25,26)/b19-8-,24-10?. The number of nitrogens with one attached hydrogen (secondary N) is 3. The van der Waals surface area contributed by atoms with E-state index < -0.39 is 5.82 Å². The van der Waals surface area contributed by atoms with Crippen molar-refractivity contribution in [3.8, 4) is 16.8 Å². The van der Waals surface area contributed by atoms with Crippen molar-refractivity contribution in [1.29, 1.82) is 5.41 Å². The van der Waals surface area contributed by atoms with E-state index in [0.29, 0.717) is 11.3 Å². The first-order valence-corrected chi connectivity index (χ1v) is 9.08. The van der Waals surface area contributed by atoms with Crippen molar-refractivity contribution in [2.75, 3.05) is 5.32 Å². The molecule has 0 fully saturated rings. The molecule has 0 unspecified atom stereocenters. The van der Waals surface area contributed by atoms with Crippen LogP contribution in [0.25, 0.3) is 22.5 Å². The van der Waals surface area contributed by atoms with Gasteiger partial charge < -0.3 is 10.7 Å². The monoisotopic (exact) mass is 400 g/mol. The fourth-order valence-electron chi connectivity index (χ4n) is 2.95. The second kappa shape index (κ2) is 8.36. The van der Waals surface area contributed by atoms with Gasteiger partial charge in [-0.3, -0.25) is 9.89 Å². The molecule has 4 aromatic rings. The average molecular weight is 400 g/mol. The van der Waals surface area contributed by atoms with Gasteiger partial charge in [-0.25, -0.2) is 9.07 Å².